The fourth-order valence-electron chi connectivity index (χ4n) is 0.836. The molecule has 1 aromatic rings. The standard InChI is InChI=1S/C7H7F3N4O2S/c8-7(9,10)17-2-1-11-6-12-3-5(4-13-6)14(15)16/h3-4H,1-2H2,(H,11,12,13). The van der Waals surface area contributed by atoms with Gasteiger partial charge in [0.1, 0.15) is 12.4 Å². The molecule has 1 rings (SSSR count). The zero-order valence-electron chi connectivity index (χ0n) is 8.27. The van der Waals surface area contributed by atoms with E-state index in [1.165, 1.54) is 0 Å². The first-order valence-corrected chi connectivity index (χ1v) is 5.28. The molecule has 1 N–H and O–H groups in total. The van der Waals surface area contributed by atoms with Gasteiger partial charge in [-0.05, 0) is 11.8 Å². The Labute approximate surface area is 97.8 Å². The molecular weight excluding hydrogens is 261 g/mol. The summed E-state index contributed by atoms with van der Waals surface area (Å²) in [7, 11) is 0. The third kappa shape index (κ3) is 5.33. The van der Waals surface area contributed by atoms with Crippen LogP contribution in [0.2, 0.25) is 0 Å². The molecule has 17 heavy (non-hydrogen) atoms. The fourth-order valence-corrected chi connectivity index (χ4v) is 1.27. The molecule has 0 aliphatic heterocycles. The van der Waals surface area contributed by atoms with Crippen molar-refractivity contribution in [3.8, 4) is 0 Å². The van der Waals surface area contributed by atoms with Crippen molar-refractivity contribution in [3.05, 3.63) is 22.5 Å². The molecular formula is C7H7F3N4O2S. The van der Waals surface area contributed by atoms with Crippen LogP contribution in [0.3, 0.4) is 0 Å². The maximum Gasteiger partial charge on any atom is 0.441 e. The molecule has 94 valence electrons. The van der Waals surface area contributed by atoms with Crippen molar-refractivity contribution >= 4 is 23.4 Å². The van der Waals surface area contributed by atoms with Crippen LogP contribution >= 0.6 is 11.8 Å². The SMILES string of the molecule is O=[N+]([O-])c1cnc(NCCSC(F)(F)F)nc1. The topological polar surface area (TPSA) is 81.0 Å². The highest BCUT2D eigenvalue weighted by molar-refractivity contribution is 8.00. The minimum Gasteiger partial charge on any atom is -0.353 e. The van der Waals surface area contributed by atoms with Crippen LogP contribution in [-0.4, -0.2) is 32.7 Å². The van der Waals surface area contributed by atoms with Crippen molar-refractivity contribution in [2.24, 2.45) is 0 Å². The Hall–Kier alpha value is -1.58. The van der Waals surface area contributed by atoms with E-state index in [4.69, 9.17) is 0 Å². The number of nitrogens with zero attached hydrogens (tertiary/aromatic N) is 3. The molecule has 6 nitrogen and oxygen atoms in total. The zero-order valence-corrected chi connectivity index (χ0v) is 9.09. The summed E-state index contributed by atoms with van der Waals surface area (Å²) in [5.41, 5.74) is -4.54. The minimum absolute atomic E-state index is 0.0159. The predicted octanol–water partition coefficient (Wildman–Crippen LogP) is 2.05. The van der Waals surface area contributed by atoms with Gasteiger partial charge in [-0.1, -0.05) is 0 Å². The van der Waals surface area contributed by atoms with Crippen molar-refractivity contribution in [1.29, 1.82) is 0 Å². The van der Waals surface area contributed by atoms with Gasteiger partial charge >= 0.3 is 11.2 Å². The maximum atomic E-state index is 11.8. The summed E-state index contributed by atoms with van der Waals surface area (Å²) in [5.74, 6) is -0.137. The van der Waals surface area contributed by atoms with E-state index < -0.39 is 10.4 Å². The minimum atomic E-state index is -4.27. The lowest BCUT2D eigenvalue weighted by atomic mass is 10.5. The van der Waals surface area contributed by atoms with Gasteiger partial charge in [0.15, 0.2) is 0 Å². The molecule has 0 bridgehead atoms. The van der Waals surface area contributed by atoms with Gasteiger partial charge in [0, 0.05) is 12.3 Å². The second-order valence-electron chi connectivity index (χ2n) is 2.74. The number of nitro groups is 1. The number of aromatic nitrogens is 2. The lowest BCUT2D eigenvalue weighted by Gasteiger charge is -2.06. The van der Waals surface area contributed by atoms with Crippen LogP contribution in [0.25, 0.3) is 0 Å². The van der Waals surface area contributed by atoms with Gasteiger partial charge < -0.3 is 5.32 Å². The summed E-state index contributed by atoms with van der Waals surface area (Å²) in [4.78, 5) is 16.8. The highest BCUT2D eigenvalue weighted by Crippen LogP contribution is 2.29. The summed E-state index contributed by atoms with van der Waals surface area (Å²) in [6.45, 7) is 0.0159. The van der Waals surface area contributed by atoms with E-state index in [9.17, 15) is 23.3 Å². The molecule has 0 spiro atoms. The Morgan fingerprint density at radius 3 is 2.47 bits per heavy atom. The van der Waals surface area contributed by atoms with Gasteiger partial charge in [0.05, 0.1) is 4.92 Å². The van der Waals surface area contributed by atoms with Crippen LogP contribution in [0.5, 0.6) is 0 Å². The first-order chi connectivity index (χ1) is 7.88. The second kappa shape index (κ2) is 5.66. The lowest BCUT2D eigenvalue weighted by molar-refractivity contribution is -0.385. The van der Waals surface area contributed by atoms with E-state index >= 15 is 0 Å². The van der Waals surface area contributed by atoms with Gasteiger partial charge in [-0.2, -0.15) is 13.2 Å². The third-order valence-corrected chi connectivity index (χ3v) is 2.24. The summed E-state index contributed by atoms with van der Waals surface area (Å²) in [6, 6.07) is 0. The van der Waals surface area contributed by atoms with Gasteiger partial charge in [-0.3, -0.25) is 10.1 Å². The Morgan fingerprint density at radius 1 is 1.41 bits per heavy atom. The van der Waals surface area contributed by atoms with Crippen molar-refractivity contribution in [3.63, 3.8) is 0 Å². The average Bonchev–Trinajstić information content (AvgIpc) is 2.24. The Bertz CT molecular complexity index is 384. The van der Waals surface area contributed by atoms with Crippen molar-refractivity contribution in [2.45, 2.75) is 5.51 Å². The van der Waals surface area contributed by atoms with Gasteiger partial charge in [0.25, 0.3) is 0 Å². The lowest BCUT2D eigenvalue weighted by Crippen LogP contribution is -2.11. The largest absolute Gasteiger partial charge is 0.441 e. The Kier molecular flexibility index (Phi) is 4.49. The molecule has 1 aromatic heterocycles. The Balaban J connectivity index is 2.35. The smallest absolute Gasteiger partial charge is 0.353 e. The molecule has 0 aliphatic rings. The molecule has 1 heterocycles. The first kappa shape index (κ1) is 13.5. The number of hydrogen-bond acceptors (Lipinski definition) is 6. The highest BCUT2D eigenvalue weighted by atomic mass is 32.2. The van der Waals surface area contributed by atoms with Crippen LogP contribution in [0.4, 0.5) is 24.8 Å². The molecule has 0 amide bonds. The third-order valence-electron chi connectivity index (χ3n) is 1.50. The van der Waals surface area contributed by atoms with Crippen molar-refractivity contribution in [2.75, 3.05) is 17.6 Å². The number of anilines is 1. The van der Waals surface area contributed by atoms with Gasteiger partial charge in [0.2, 0.25) is 5.95 Å². The van der Waals surface area contributed by atoms with Crippen molar-refractivity contribution < 1.29 is 18.1 Å². The van der Waals surface area contributed by atoms with Crippen LogP contribution in [0, 0.1) is 10.1 Å². The molecule has 0 atom stereocenters. The quantitative estimate of drug-likeness (QED) is 0.500. The molecule has 0 unspecified atom stereocenters. The number of halogens is 3. The zero-order chi connectivity index (χ0) is 12.9. The predicted molar refractivity (Wildman–Crippen MR) is 55.7 cm³/mol. The molecule has 0 aromatic carbocycles. The summed E-state index contributed by atoms with van der Waals surface area (Å²) in [6.07, 6.45) is 1.96. The van der Waals surface area contributed by atoms with E-state index in [2.05, 4.69) is 15.3 Å². The summed E-state index contributed by atoms with van der Waals surface area (Å²) in [5, 5.41) is 12.8. The molecule has 0 aliphatic carbocycles. The van der Waals surface area contributed by atoms with Crippen LogP contribution in [0.1, 0.15) is 0 Å². The van der Waals surface area contributed by atoms with E-state index in [1.54, 1.807) is 0 Å². The van der Waals surface area contributed by atoms with Crippen molar-refractivity contribution in [1.82, 2.24) is 9.97 Å². The summed E-state index contributed by atoms with van der Waals surface area (Å²) >= 11 is -0.165. The summed E-state index contributed by atoms with van der Waals surface area (Å²) < 4.78 is 35.3. The average molecular weight is 268 g/mol. The molecule has 0 fully saturated rings. The van der Waals surface area contributed by atoms with Crippen LogP contribution < -0.4 is 5.32 Å². The normalized spacial score (nSPS) is 11.2. The first-order valence-electron chi connectivity index (χ1n) is 4.29. The number of rotatable bonds is 5. The highest BCUT2D eigenvalue weighted by Gasteiger charge is 2.27. The van der Waals surface area contributed by atoms with E-state index in [0.717, 1.165) is 12.4 Å². The van der Waals surface area contributed by atoms with E-state index in [-0.39, 0.29) is 35.7 Å². The van der Waals surface area contributed by atoms with Crippen LogP contribution in [-0.2, 0) is 0 Å². The number of hydrogen-bond donors (Lipinski definition) is 1. The van der Waals surface area contributed by atoms with Crippen LogP contribution in [0.15, 0.2) is 12.4 Å². The molecule has 10 heteroatoms. The number of thioether (sulfide) groups is 1. The van der Waals surface area contributed by atoms with E-state index in [1.807, 2.05) is 0 Å². The number of nitrogens with one attached hydrogen (secondary N) is 1. The molecule has 0 radical (unpaired) electrons. The molecule has 0 saturated carbocycles. The van der Waals surface area contributed by atoms with Gasteiger partial charge in [-0.15, -0.1) is 0 Å². The second-order valence-corrected chi connectivity index (χ2v) is 3.90. The molecule has 0 saturated heterocycles. The van der Waals surface area contributed by atoms with Gasteiger partial charge in [-0.25, -0.2) is 9.97 Å². The fraction of sp³-hybridized carbons (Fsp3) is 0.429. The van der Waals surface area contributed by atoms with E-state index in [0.29, 0.717) is 0 Å². The monoisotopic (exact) mass is 268 g/mol. The Morgan fingerprint density at radius 2 is 2.00 bits per heavy atom. The number of alkyl halides is 3. The maximum absolute atomic E-state index is 11.8.